The normalized spacial score (nSPS) is 12.4. The van der Waals surface area contributed by atoms with Gasteiger partial charge in [0.05, 0.1) is 28.9 Å². The van der Waals surface area contributed by atoms with Crippen LogP contribution < -0.4 is 15.5 Å². The summed E-state index contributed by atoms with van der Waals surface area (Å²) in [5.74, 6) is -1.37. The summed E-state index contributed by atoms with van der Waals surface area (Å²) in [6.45, 7) is 5.18. The molecule has 192 valence electrons. The fourth-order valence-electron chi connectivity index (χ4n) is 4.04. The van der Waals surface area contributed by atoms with Crippen LogP contribution in [0.2, 0.25) is 5.15 Å². The van der Waals surface area contributed by atoms with Gasteiger partial charge in [-0.1, -0.05) is 29.8 Å². The number of carbonyl (C=O) groups excluding carboxylic acids is 1. The van der Waals surface area contributed by atoms with Gasteiger partial charge in [0.2, 0.25) is 10.0 Å². The third-order valence-electron chi connectivity index (χ3n) is 5.70. The van der Waals surface area contributed by atoms with Gasteiger partial charge in [0.15, 0.2) is 11.1 Å². The van der Waals surface area contributed by atoms with Crippen molar-refractivity contribution >= 4 is 44.2 Å². The van der Waals surface area contributed by atoms with Gasteiger partial charge in [0.1, 0.15) is 22.3 Å². The van der Waals surface area contributed by atoms with E-state index in [1.807, 2.05) is 17.7 Å². The third-order valence-corrected chi connectivity index (χ3v) is 6.47. The number of sulfonamides is 1. The number of carbonyl (C=O) groups is 1. The van der Waals surface area contributed by atoms with E-state index in [0.717, 1.165) is 11.8 Å². The molecule has 8 nitrogen and oxygen atoms in total. The number of nitrogens with one attached hydrogen (secondary N) is 2. The molecule has 2 aromatic carbocycles. The van der Waals surface area contributed by atoms with E-state index in [-0.39, 0.29) is 44.4 Å². The van der Waals surface area contributed by atoms with Crippen LogP contribution in [0.5, 0.6) is 0 Å². The monoisotopic (exact) mass is 543 g/mol. The number of amides is 1. The second-order valence-electron chi connectivity index (χ2n) is 8.70. The first-order valence-corrected chi connectivity index (χ1v) is 13.4. The molecule has 0 unspecified atom stereocenters. The molecule has 1 amide bonds. The summed E-state index contributed by atoms with van der Waals surface area (Å²) in [5.41, 5.74) is 1.72. The summed E-state index contributed by atoms with van der Waals surface area (Å²) in [6.07, 6.45) is 0.848. The average molecular weight is 544 g/mol. The molecule has 0 saturated heterocycles. The minimum absolute atomic E-state index is 0.00568. The van der Waals surface area contributed by atoms with Gasteiger partial charge in [-0.2, -0.15) is 0 Å². The summed E-state index contributed by atoms with van der Waals surface area (Å²) in [6, 6.07) is 11.9. The quantitative estimate of drug-likeness (QED) is 0.324. The van der Waals surface area contributed by atoms with Crippen LogP contribution in [0.1, 0.15) is 40.1 Å². The maximum Gasteiger partial charge on any atom is 0.285 e. The number of aromatic nitrogens is 1. The van der Waals surface area contributed by atoms with Crippen LogP contribution in [0.3, 0.4) is 0 Å². The largest absolute Gasteiger partial charge is 0.455 e. The van der Waals surface area contributed by atoms with Crippen molar-refractivity contribution < 1.29 is 22.0 Å². The number of aryl methyl sites for hydroxylation is 1. The second-order valence-corrected chi connectivity index (χ2v) is 10.8. The van der Waals surface area contributed by atoms with Gasteiger partial charge in [0, 0.05) is 11.1 Å². The maximum absolute atomic E-state index is 14.6. The summed E-state index contributed by atoms with van der Waals surface area (Å²) in [5, 5.41) is 3.45. The Morgan fingerprint density at radius 2 is 1.84 bits per heavy atom. The zero-order valence-corrected chi connectivity index (χ0v) is 21.9. The number of rotatable bonds is 6. The van der Waals surface area contributed by atoms with E-state index in [1.165, 1.54) is 24.3 Å². The van der Waals surface area contributed by atoms with Crippen LogP contribution in [0.15, 0.2) is 57.7 Å². The molecule has 0 aliphatic heterocycles. The maximum atomic E-state index is 14.6. The lowest BCUT2D eigenvalue weighted by atomic mass is 9.98. The van der Waals surface area contributed by atoms with Crippen molar-refractivity contribution in [3.8, 4) is 11.3 Å². The van der Waals surface area contributed by atoms with Gasteiger partial charge in [0.25, 0.3) is 5.91 Å². The highest BCUT2D eigenvalue weighted by Gasteiger charge is 2.23. The van der Waals surface area contributed by atoms with Gasteiger partial charge in [-0.3, -0.25) is 9.59 Å². The lowest BCUT2D eigenvalue weighted by Gasteiger charge is -2.20. The van der Waals surface area contributed by atoms with Crippen LogP contribution in [0.4, 0.5) is 10.1 Å². The topological polar surface area (TPSA) is 118 Å². The van der Waals surface area contributed by atoms with Crippen LogP contribution in [-0.4, -0.2) is 25.6 Å². The van der Waals surface area contributed by atoms with Crippen LogP contribution in [0, 0.1) is 19.7 Å². The molecule has 4 aromatic rings. The first kappa shape index (κ1) is 26.3. The first-order valence-electron chi connectivity index (χ1n) is 11.1. The van der Waals surface area contributed by atoms with Gasteiger partial charge < -0.3 is 9.73 Å². The van der Waals surface area contributed by atoms with Crippen molar-refractivity contribution in [1.29, 1.82) is 0 Å². The highest BCUT2D eigenvalue weighted by Crippen LogP contribution is 2.33. The molecule has 2 aromatic heterocycles. The second kappa shape index (κ2) is 9.95. The van der Waals surface area contributed by atoms with E-state index in [9.17, 15) is 22.4 Å². The predicted octanol–water partition coefficient (Wildman–Crippen LogP) is 5.13. The molecular formula is C26H23ClFN3O5S. The van der Waals surface area contributed by atoms with Crippen molar-refractivity contribution in [1.82, 2.24) is 9.71 Å². The molecule has 0 saturated carbocycles. The molecule has 0 radical (unpaired) electrons. The van der Waals surface area contributed by atoms with Gasteiger partial charge in [-0.05, 0) is 56.7 Å². The number of benzene rings is 2. The van der Waals surface area contributed by atoms with Crippen molar-refractivity contribution in [2.75, 3.05) is 11.6 Å². The molecule has 1 atom stereocenters. The minimum atomic E-state index is -3.85. The first-order chi connectivity index (χ1) is 17.4. The van der Waals surface area contributed by atoms with Crippen molar-refractivity contribution in [3.05, 3.63) is 92.1 Å². The molecule has 11 heteroatoms. The highest BCUT2D eigenvalue weighted by atomic mass is 35.5. The number of halogens is 2. The molecule has 0 fully saturated rings. The van der Waals surface area contributed by atoms with E-state index in [1.54, 1.807) is 32.0 Å². The number of hydrogen-bond donors (Lipinski definition) is 2. The van der Waals surface area contributed by atoms with E-state index < -0.39 is 27.8 Å². The minimum Gasteiger partial charge on any atom is -0.455 e. The van der Waals surface area contributed by atoms with Crippen LogP contribution >= 0.6 is 11.6 Å². The van der Waals surface area contributed by atoms with E-state index in [4.69, 9.17) is 16.0 Å². The van der Waals surface area contributed by atoms with E-state index >= 15 is 0 Å². The number of hydrogen-bond acceptors (Lipinski definition) is 7. The molecule has 2 heterocycles. The van der Waals surface area contributed by atoms with Gasteiger partial charge in [-0.25, -0.2) is 22.5 Å². The van der Waals surface area contributed by atoms with Crippen LogP contribution in [0.25, 0.3) is 22.3 Å². The number of nitrogens with zero attached hydrogens (tertiary/aromatic N) is 1. The molecule has 0 aliphatic rings. The average Bonchev–Trinajstić information content (AvgIpc) is 2.81. The fourth-order valence-corrected chi connectivity index (χ4v) is 4.63. The van der Waals surface area contributed by atoms with Gasteiger partial charge in [-0.15, -0.1) is 0 Å². The molecule has 0 aliphatic carbocycles. The standard InChI is InChI=1S/C26H23ClFN3O5S/c1-13-11-17(15(3)29-20-9-10-21(27)30-22(20)26(33)31-37(4,34)35)25-18(12-13)23(32)14(2)24(36-25)16-7-5-6-8-19(16)28/h5-12,15,29H,1-4H3,(H,31,33)/t15-/m1/s1. The Balaban J connectivity index is 1.85. The Hall–Kier alpha value is -3.76. The number of pyridine rings is 1. The Bertz CT molecular complexity index is 1720. The molecule has 2 N–H and O–H groups in total. The molecule has 4 rings (SSSR count). The van der Waals surface area contributed by atoms with Crippen LogP contribution in [-0.2, 0) is 10.0 Å². The number of fused-ring (bicyclic) bond motifs is 1. The predicted molar refractivity (Wildman–Crippen MR) is 141 cm³/mol. The Morgan fingerprint density at radius 3 is 2.51 bits per heavy atom. The van der Waals surface area contributed by atoms with Crippen molar-refractivity contribution in [3.63, 3.8) is 0 Å². The highest BCUT2D eigenvalue weighted by molar-refractivity contribution is 7.89. The summed E-state index contributed by atoms with van der Waals surface area (Å²) < 4.78 is 45.8. The fraction of sp³-hybridized carbons (Fsp3) is 0.192. The Kier molecular flexibility index (Phi) is 7.07. The molecular weight excluding hydrogens is 521 g/mol. The zero-order chi connectivity index (χ0) is 27.1. The zero-order valence-electron chi connectivity index (χ0n) is 20.3. The van der Waals surface area contributed by atoms with Crippen molar-refractivity contribution in [2.24, 2.45) is 0 Å². The molecule has 37 heavy (non-hydrogen) atoms. The molecule has 0 spiro atoms. The summed E-state index contributed by atoms with van der Waals surface area (Å²) >= 11 is 5.96. The number of anilines is 1. The van der Waals surface area contributed by atoms with E-state index in [2.05, 4.69) is 10.3 Å². The Labute approximate surface area is 217 Å². The van der Waals surface area contributed by atoms with E-state index in [0.29, 0.717) is 10.9 Å². The van der Waals surface area contributed by atoms with Crippen molar-refractivity contribution in [2.45, 2.75) is 26.8 Å². The summed E-state index contributed by atoms with van der Waals surface area (Å²) in [4.78, 5) is 29.9. The molecule has 0 bridgehead atoms. The smallest absolute Gasteiger partial charge is 0.285 e. The third kappa shape index (κ3) is 5.50. The van der Waals surface area contributed by atoms with Gasteiger partial charge >= 0.3 is 0 Å². The SMILES string of the molecule is Cc1cc([C@@H](C)Nc2ccc(Cl)nc2C(=O)NS(C)(=O)=O)c2oc(-c3ccccc3F)c(C)c(=O)c2c1. The lowest BCUT2D eigenvalue weighted by Crippen LogP contribution is -2.31. The summed E-state index contributed by atoms with van der Waals surface area (Å²) in [7, 11) is -3.85. The Morgan fingerprint density at radius 1 is 1.14 bits per heavy atom. The lowest BCUT2D eigenvalue weighted by molar-refractivity contribution is 0.0977.